The van der Waals surface area contributed by atoms with Crippen molar-refractivity contribution in [2.75, 3.05) is 6.61 Å². The molecule has 166 valence electrons. The molecule has 0 aliphatic carbocycles. The van der Waals surface area contributed by atoms with E-state index in [-0.39, 0.29) is 6.61 Å². The Labute approximate surface area is 181 Å². The summed E-state index contributed by atoms with van der Waals surface area (Å²) in [5.74, 6) is -0.465. The Morgan fingerprint density at radius 1 is 1.06 bits per heavy atom. The molecule has 2 aromatic carbocycles. The molecule has 0 bridgehead atoms. The Balaban J connectivity index is 2.23. The standard InChI is InChI=1S/C25H28F3NO2/c1-5-31-23(30)24(4,18(2)10-9-13-20-11-7-6-8-12-20)19(3)29-22-16-14-21(15-17-22)25(26,27)28/h6-8,11-12,14-17H,2,5,9-10,13H2,1,3-4H3. The number of nitrogens with zero attached hydrogens (tertiary/aromatic N) is 1. The van der Waals surface area contributed by atoms with Crippen molar-refractivity contribution in [1.29, 1.82) is 0 Å². The average molecular weight is 431 g/mol. The van der Waals surface area contributed by atoms with Gasteiger partial charge < -0.3 is 4.74 Å². The normalized spacial score (nSPS) is 14.1. The number of esters is 1. The molecule has 0 heterocycles. The third kappa shape index (κ3) is 6.29. The molecule has 6 heteroatoms. The maximum atomic E-state index is 12.8. The lowest BCUT2D eigenvalue weighted by molar-refractivity contribution is -0.148. The smallest absolute Gasteiger partial charge is 0.416 e. The molecule has 0 aliphatic rings. The van der Waals surface area contributed by atoms with Crippen LogP contribution < -0.4 is 0 Å². The number of aliphatic imine (C=N–C) groups is 1. The number of rotatable bonds is 9. The molecule has 0 N–H and O–H groups in total. The van der Waals surface area contributed by atoms with Gasteiger partial charge in [-0.05, 0) is 69.9 Å². The minimum absolute atomic E-state index is 0.208. The molecule has 0 aromatic heterocycles. The summed E-state index contributed by atoms with van der Waals surface area (Å²) in [5, 5.41) is 0. The largest absolute Gasteiger partial charge is 0.465 e. The van der Waals surface area contributed by atoms with Crippen LogP contribution in [0.2, 0.25) is 0 Å². The summed E-state index contributed by atoms with van der Waals surface area (Å²) >= 11 is 0. The van der Waals surface area contributed by atoms with Crippen LogP contribution >= 0.6 is 0 Å². The molecule has 31 heavy (non-hydrogen) atoms. The van der Waals surface area contributed by atoms with Crippen molar-refractivity contribution < 1.29 is 22.7 Å². The van der Waals surface area contributed by atoms with Gasteiger partial charge in [-0.25, -0.2) is 0 Å². The monoisotopic (exact) mass is 431 g/mol. The second-order valence-electron chi connectivity index (χ2n) is 7.53. The number of carbonyl (C=O) groups is 1. The summed E-state index contributed by atoms with van der Waals surface area (Å²) in [5.41, 5.74) is 0.699. The van der Waals surface area contributed by atoms with Gasteiger partial charge in [0.25, 0.3) is 0 Å². The Morgan fingerprint density at radius 2 is 1.68 bits per heavy atom. The van der Waals surface area contributed by atoms with E-state index in [0.29, 0.717) is 23.4 Å². The highest BCUT2D eigenvalue weighted by atomic mass is 19.4. The highest BCUT2D eigenvalue weighted by molar-refractivity contribution is 6.09. The molecule has 0 amide bonds. The van der Waals surface area contributed by atoms with Crippen molar-refractivity contribution in [2.24, 2.45) is 10.4 Å². The van der Waals surface area contributed by atoms with E-state index in [1.165, 1.54) is 17.7 Å². The summed E-state index contributed by atoms with van der Waals surface area (Å²) in [7, 11) is 0. The molecule has 0 radical (unpaired) electrons. The Kier molecular flexibility index (Phi) is 8.20. The van der Waals surface area contributed by atoms with E-state index < -0.39 is 23.1 Å². The number of hydrogen-bond acceptors (Lipinski definition) is 3. The first-order chi connectivity index (χ1) is 14.6. The molecule has 1 atom stereocenters. The van der Waals surface area contributed by atoms with Gasteiger partial charge in [-0.15, -0.1) is 0 Å². The van der Waals surface area contributed by atoms with E-state index in [2.05, 4.69) is 11.6 Å². The first kappa shape index (κ1) is 24.4. The molecule has 0 aliphatic heterocycles. The van der Waals surface area contributed by atoms with Crippen molar-refractivity contribution in [2.45, 2.75) is 46.2 Å². The number of benzene rings is 2. The van der Waals surface area contributed by atoms with Crippen molar-refractivity contribution in [1.82, 2.24) is 0 Å². The van der Waals surface area contributed by atoms with E-state index in [9.17, 15) is 18.0 Å². The molecule has 0 saturated heterocycles. The highest BCUT2D eigenvalue weighted by Crippen LogP contribution is 2.35. The Bertz CT molecular complexity index is 918. The van der Waals surface area contributed by atoms with E-state index in [1.54, 1.807) is 20.8 Å². The van der Waals surface area contributed by atoms with Gasteiger partial charge in [-0.1, -0.05) is 42.5 Å². The van der Waals surface area contributed by atoms with Crippen molar-refractivity contribution in [3.05, 3.63) is 77.9 Å². The third-order valence-electron chi connectivity index (χ3n) is 5.39. The Hall–Kier alpha value is -2.89. The molecule has 1 unspecified atom stereocenters. The topological polar surface area (TPSA) is 38.7 Å². The van der Waals surface area contributed by atoms with E-state index in [0.717, 1.165) is 25.0 Å². The lowest BCUT2D eigenvalue weighted by Gasteiger charge is -2.30. The van der Waals surface area contributed by atoms with Crippen molar-refractivity contribution >= 4 is 17.4 Å². The second kappa shape index (κ2) is 10.4. The Morgan fingerprint density at radius 3 is 2.23 bits per heavy atom. The molecule has 2 rings (SSSR count). The minimum atomic E-state index is -4.41. The lowest BCUT2D eigenvalue weighted by atomic mass is 9.76. The van der Waals surface area contributed by atoms with Gasteiger partial charge in [0.1, 0.15) is 5.41 Å². The fourth-order valence-corrected chi connectivity index (χ4v) is 3.25. The SMILES string of the molecule is C=C(CCCc1ccccc1)C(C)(C(=O)OCC)C(C)=Nc1ccc(C(F)(F)F)cc1. The van der Waals surface area contributed by atoms with Crippen LogP contribution in [0, 0.1) is 5.41 Å². The van der Waals surface area contributed by atoms with Gasteiger partial charge in [0.2, 0.25) is 0 Å². The zero-order chi connectivity index (χ0) is 23.1. The van der Waals surface area contributed by atoms with Gasteiger partial charge in [-0.3, -0.25) is 9.79 Å². The predicted octanol–water partition coefficient (Wildman–Crippen LogP) is 6.95. The summed E-state index contributed by atoms with van der Waals surface area (Å²) in [6.45, 7) is 9.45. The number of halogens is 3. The quantitative estimate of drug-likeness (QED) is 0.245. The van der Waals surface area contributed by atoms with Crippen LogP contribution in [0.15, 0.2) is 71.7 Å². The fraction of sp³-hybridized carbons (Fsp3) is 0.360. The van der Waals surface area contributed by atoms with Crippen LogP contribution in [0.3, 0.4) is 0 Å². The molecule has 2 aromatic rings. The zero-order valence-electron chi connectivity index (χ0n) is 18.1. The zero-order valence-corrected chi connectivity index (χ0v) is 18.1. The molecule has 0 saturated carbocycles. The van der Waals surface area contributed by atoms with Crippen LogP contribution in [0.25, 0.3) is 0 Å². The summed E-state index contributed by atoms with van der Waals surface area (Å²) in [4.78, 5) is 17.3. The maximum absolute atomic E-state index is 12.8. The minimum Gasteiger partial charge on any atom is -0.465 e. The van der Waals surface area contributed by atoms with Crippen LogP contribution in [-0.4, -0.2) is 18.3 Å². The van der Waals surface area contributed by atoms with E-state index in [4.69, 9.17) is 4.74 Å². The summed E-state index contributed by atoms with van der Waals surface area (Å²) in [6.07, 6.45) is -2.19. The molecule has 0 spiro atoms. The van der Waals surface area contributed by atoms with Crippen LogP contribution in [0.4, 0.5) is 18.9 Å². The molecular weight excluding hydrogens is 403 g/mol. The highest BCUT2D eigenvalue weighted by Gasteiger charge is 2.40. The van der Waals surface area contributed by atoms with Crippen molar-refractivity contribution in [3.8, 4) is 0 Å². The molecule has 0 fully saturated rings. The van der Waals surface area contributed by atoms with Gasteiger partial charge in [0, 0.05) is 5.71 Å². The van der Waals surface area contributed by atoms with E-state index in [1.807, 2.05) is 30.3 Å². The molecule has 3 nitrogen and oxygen atoms in total. The van der Waals surface area contributed by atoms with Crippen LogP contribution in [0.1, 0.15) is 44.7 Å². The van der Waals surface area contributed by atoms with Crippen LogP contribution in [-0.2, 0) is 22.1 Å². The molecular formula is C25H28F3NO2. The number of carbonyl (C=O) groups excluding carboxylic acids is 1. The average Bonchev–Trinajstić information content (AvgIpc) is 2.73. The predicted molar refractivity (Wildman–Crippen MR) is 117 cm³/mol. The first-order valence-electron chi connectivity index (χ1n) is 10.2. The number of alkyl halides is 3. The first-order valence-corrected chi connectivity index (χ1v) is 10.2. The fourth-order valence-electron chi connectivity index (χ4n) is 3.25. The number of ether oxygens (including phenoxy) is 1. The van der Waals surface area contributed by atoms with Gasteiger partial charge in [0.15, 0.2) is 0 Å². The maximum Gasteiger partial charge on any atom is 0.416 e. The number of aryl methyl sites for hydroxylation is 1. The van der Waals surface area contributed by atoms with Crippen LogP contribution in [0.5, 0.6) is 0 Å². The second-order valence-corrected chi connectivity index (χ2v) is 7.53. The number of hydrogen-bond donors (Lipinski definition) is 0. The van der Waals surface area contributed by atoms with Gasteiger partial charge in [-0.2, -0.15) is 13.2 Å². The van der Waals surface area contributed by atoms with E-state index >= 15 is 0 Å². The third-order valence-corrected chi connectivity index (χ3v) is 5.39. The lowest BCUT2D eigenvalue weighted by Crippen LogP contribution is -2.38. The van der Waals surface area contributed by atoms with Gasteiger partial charge in [0.05, 0.1) is 17.9 Å². The summed E-state index contributed by atoms with van der Waals surface area (Å²) < 4.78 is 43.7. The summed E-state index contributed by atoms with van der Waals surface area (Å²) in [6, 6.07) is 14.5. The van der Waals surface area contributed by atoms with Crippen molar-refractivity contribution in [3.63, 3.8) is 0 Å². The van der Waals surface area contributed by atoms with Gasteiger partial charge >= 0.3 is 12.1 Å².